The molecule has 2 rings (SSSR count). The molecule has 0 unspecified atom stereocenters. The Morgan fingerprint density at radius 2 is 1.76 bits per heavy atom. The van der Waals surface area contributed by atoms with E-state index in [-0.39, 0.29) is 0 Å². The number of rotatable bonds is 2. The van der Waals surface area contributed by atoms with Gasteiger partial charge in [0.05, 0.1) is 5.92 Å². The zero-order valence-corrected chi connectivity index (χ0v) is 9.30. The van der Waals surface area contributed by atoms with Crippen LogP contribution in [-0.4, -0.2) is 11.1 Å². The molecule has 1 fully saturated rings. The summed E-state index contributed by atoms with van der Waals surface area (Å²) in [6.45, 7) is 3.19. The van der Waals surface area contributed by atoms with E-state index < -0.39 is 46.2 Å². The van der Waals surface area contributed by atoms with Crippen LogP contribution in [0.25, 0.3) is 0 Å². The van der Waals surface area contributed by atoms with Crippen molar-refractivity contribution in [2.24, 2.45) is 11.3 Å². The zero-order chi connectivity index (χ0) is 13.0. The highest BCUT2D eigenvalue weighted by atomic mass is 19.2. The molecule has 0 radical (unpaired) electrons. The molecule has 2 atom stereocenters. The normalized spacial score (nSPS) is 25.7. The Morgan fingerprint density at radius 1 is 1.24 bits per heavy atom. The molecule has 5 heteroatoms. The minimum atomic E-state index is -1.29. The Bertz CT molecular complexity index is 497. The first-order chi connectivity index (χ1) is 7.78. The van der Waals surface area contributed by atoms with Gasteiger partial charge in [-0.3, -0.25) is 4.79 Å². The van der Waals surface area contributed by atoms with Crippen LogP contribution in [0.3, 0.4) is 0 Å². The van der Waals surface area contributed by atoms with E-state index in [9.17, 15) is 18.0 Å². The van der Waals surface area contributed by atoms with Crippen LogP contribution in [0, 0.1) is 28.8 Å². The molecule has 1 aromatic rings. The number of aliphatic carboxylic acids is 1. The lowest BCUT2D eigenvalue weighted by molar-refractivity contribution is -0.139. The predicted molar refractivity (Wildman–Crippen MR) is 54.0 cm³/mol. The van der Waals surface area contributed by atoms with Gasteiger partial charge in [0.25, 0.3) is 0 Å². The molecule has 1 aliphatic carbocycles. The first-order valence-corrected chi connectivity index (χ1v) is 5.14. The predicted octanol–water partition coefficient (Wildman–Crippen LogP) is 2.93. The molecule has 2 nitrogen and oxygen atoms in total. The molecule has 1 aromatic carbocycles. The van der Waals surface area contributed by atoms with Crippen LogP contribution in [-0.2, 0) is 4.79 Å². The van der Waals surface area contributed by atoms with Crippen LogP contribution in [0.15, 0.2) is 12.1 Å². The number of carbonyl (C=O) groups is 1. The highest BCUT2D eigenvalue weighted by molar-refractivity contribution is 5.77. The molecule has 1 N–H and O–H groups in total. The average Bonchev–Trinajstić information content (AvgIpc) is 2.76. The minimum absolute atomic E-state index is 0.456. The average molecular weight is 244 g/mol. The SMILES string of the molecule is CC1(C)[C@H](C(=O)O)[C@H]1c1c(F)ccc(F)c1F. The summed E-state index contributed by atoms with van der Waals surface area (Å²) >= 11 is 0. The van der Waals surface area contributed by atoms with Gasteiger partial charge >= 0.3 is 5.97 Å². The number of carboxylic acids is 1. The Hall–Kier alpha value is -1.52. The van der Waals surface area contributed by atoms with Crippen molar-refractivity contribution < 1.29 is 23.1 Å². The second-order valence-corrected chi connectivity index (χ2v) is 4.87. The zero-order valence-electron chi connectivity index (χ0n) is 9.30. The van der Waals surface area contributed by atoms with Gasteiger partial charge in [-0.25, -0.2) is 13.2 Å². The van der Waals surface area contributed by atoms with Crippen molar-refractivity contribution >= 4 is 5.97 Å². The Balaban J connectivity index is 2.51. The van der Waals surface area contributed by atoms with E-state index in [2.05, 4.69) is 0 Å². The van der Waals surface area contributed by atoms with Crippen molar-refractivity contribution in [1.29, 1.82) is 0 Å². The summed E-state index contributed by atoms with van der Waals surface area (Å²) in [5, 5.41) is 8.93. The molecule has 0 heterocycles. The fraction of sp³-hybridized carbons (Fsp3) is 0.417. The van der Waals surface area contributed by atoms with Gasteiger partial charge in [0.15, 0.2) is 11.6 Å². The monoisotopic (exact) mass is 244 g/mol. The molecule has 0 aromatic heterocycles. The van der Waals surface area contributed by atoms with Crippen LogP contribution in [0.2, 0.25) is 0 Å². The van der Waals surface area contributed by atoms with Crippen molar-refractivity contribution in [2.75, 3.05) is 0 Å². The molecule has 92 valence electrons. The van der Waals surface area contributed by atoms with Crippen molar-refractivity contribution in [3.8, 4) is 0 Å². The topological polar surface area (TPSA) is 37.3 Å². The van der Waals surface area contributed by atoms with E-state index >= 15 is 0 Å². The smallest absolute Gasteiger partial charge is 0.307 e. The van der Waals surface area contributed by atoms with E-state index in [1.807, 2.05) is 0 Å². The van der Waals surface area contributed by atoms with Crippen molar-refractivity contribution in [2.45, 2.75) is 19.8 Å². The van der Waals surface area contributed by atoms with E-state index in [0.29, 0.717) is 6.07 Å². The van der Waals surface area contributed by atoms with Crippen molar-refractivity contribution in [3.05, 3.63) is 35.1 Å². The van der Waals surface area contributed by atoms with Crippen LogP contribution >= 0.6 is 0 Å². The van der Waals surface area contributed by atoms with Gasteiger partial charge in [-0.1, -0.05) is 13.8 Å². The molecule has 0 aliphatic heterocycles. The first-order valence-electron chi connectivity index (χ1n) is 5.14. The number of carboxylic acid groups (broad SMARTS) is 1. The van der Waals surface area contributed by atoms with E-state index in [4.69, 9.17) is 5.11 Å². The lowest BCUT2D eigenvalue weighted by atomic mass is 10.0. The van der Waals surface area contributed by atoms with E-state index in [1.54, 1.807) is 13.8 Å². The quantitative estimate of drug-likeness (QED) is 0.812. The summed E-state index contributed by atoms with van der Waals surface area (Å²) in [5.74, 6) is -6.17. The lowest BCUT2D eigenvalue weighted by Crippen LogP contribution is -2.03. The maximum atomic E-state index is 13.5. The Morgan fingerprint density at radius 3 is 2.24 bits per heavy atom. The van der Waals surface area contributed by atoms with Crippen molar-refractivity contribution in [1.82, 2.24) is 0 Å². The molecule has 0 bridgehead atoms. The second-order valence-electron chi connectivity index (χ2n) is 4.87. The standard InChI is InChI=1S/C12H11F3O2/c1-12(2)8(9(12)11(16)17)7-5(13)3-4-6(14)10(7)15/h3-4,8-9H,1-2H3,(H,16,17)/t8-,9+/m1/s1. The molecule has 1 aliphatic rings. The van der Waals surface area contributed by atoms with Crippen LogP contribution in [0.1, 0.15) is 25.3 Å². The van der Waals surface area contributed by atoms with Gasteiger partial charge in [-0.15, -0.1) is 0 Å². The summed E-state index contributed by atoms with van der Waals surface area (Å²) in [4.78, 5) is 10.9. The molecule has 17 heavy (non-hydrogen) atoms. The third-order valence-electron chi connectivity index (χ3n) is 3.48. The fourth-order valence-corrected chi connectivity index (χ4v) is 2.47. The molecular weight excluding hydrogens is 233 g/mol. The number of benzene rings is 1. The summed E-state index contributed by atoms with van der Waals surface area (Å²) in [6.07, 6.45) is 0. The number of halogens is 3. The lowest BCUT2D eigenvalue weighted by Gasteiger charge is -2.06. The van der Waals surface area contributed by atoms with Gasteiger partial charge in [0.2, 0.25) is 0 Å². The van der Waals surface area contributed by atoms with Crippen LogP contribution < -0.4 is 0 Å². The number of hydrogen-bond acceptors (Lipinski definition) is 1. The Kier molecular flexibility index (Phi) is 2.45. The summed E-state index contributed by atoms with van der Waals surface area (Å²) in [7, 11) is 0. The van der Waals surface area contributed by atoms with E-state index in [0.717, 1.165) is 6.07 Å². The molecule has 0 amide bonds. The van der Waals surface area contributed by atoms with E-state index in [1.165, 1.54) is 0 Å². The maximum absolute atomic E-state index is 13.5. The highest BCUT2D eigenvalue weighted by Crippen LogP contribution is 2.65. The molecular formula is C12H11F3O2. The first kappa shape index (κ1) is 12.0. The van der Waals surface area contributed by atoms with Gasteiger partial charge < -0.3 is 5.11 Å². The van der Waals surface area contributed by atoms with Gasteiger partial charge in [-0.2, -0.15) is 0 Å². The largest absolute Gasteiger partial charge is 0.481 e. The fourth-order valence-electron chi connectivity index (χ4n) is 2.47. The highest BCUT2D eigenvalue weighted by Gasteiger charge is 2.64. The third-order valence-corrected chi connectivity index (χ3v) is 3.48. The number of hydrogen-bond donors (Lipinski definition) is 1. The Labute approximate surface area is 96.1 Å². The molecule has 0 saturated heterocycles. The molecule has 1 saturated carbocycles. The van der Waals surface area contributed by atoms with Crippen LogP contribution in [0.5, 0.6) is 0 Å². The van der Waals surface area contributed by atoms with Crippen LogP contribution in [0.4, 0.5) is 13.2 Å². The third kappa shape index (κ3) is 1.61. The maximum Gasteiger partial charge on any atom is 0.307 e. The second kappa shape index (κ2) is 3.48. The minimum Gasteiger partial charge on any atom is -0.481 e. The van der Waals surface area contributed by atoms with Crippen molar-refractivity contribution in [3.63, 3.8) is 0 Å². The summed E-state index contributed by atoms with van der Waals surface area (Å²) in [6, 6.07) is 1.51. The molecule has 0 spiro atoms. The van der Waals surface area contributed by atoms with Gasteiger partial charge in [0.1, 0.15) is 5.82 Å². The summed E-state index contributed by atoms with van der Waals surface area (Å²) in [5.41, 5.74) is -1.22. The van der Waals surface area contributed by atoms with Gasteiger partial charge in [-0.05, 0) is 17.5 Å². The summed E-state index contributed by atoms with van der Waals surface area (Å²) < 4.78 is 40.1. The van der Waals surface area contributed by atoms with Gasteiger partial charge in [0, 0.05) is 11.5 Å².